The van der Waals surface area contributed by atoms with E-state index in [0.717, 1.165) is 5.56 Å². The number of aromatic nitrogens is 3. The van der Waals surface area contributed by atoms with Gasteiger partial charge in [0, 0.05) is 42.3 Å². The first kappa shape index (κ1) is 30.8. The molecule has 0 atom stereocenters. The molecule has 0 aliphatic heterocycles. The number of ether oxygens (including phenoxy) is 2. The summed E-state index contributed by atoms with van der Waals surface area (Å²) in [4.78, 5) is 30.2. The molecule has 2 aromatic heterocycles. The van der Waals surface area contributed by atoms with Crippen molar-refractivity contribution in [2.24, 2.45) is 0 Å². The number of anilines is 1. The van der Waals surface area contributed by atoms with Gasteiger partial charge >= 0.3 is 0 Å². The van der Waals surface area contributed by atoms with E-state index < -0.39 is 18.8 Å². The van der Waals surface area contributed by atoms with Crippen molar-refractivity contribution in [3.8, 4) is 23.1 Å². The Kier molecular flexibility index (Phi) is 9.34. The first-order valence-corrected chi connectivity index (χ1v) is 14.3. The third-order valence-corrected chi connectivity index (χ3v) is 7.32. The van der Waals surface area contributed by atoms with E-state index in [-0.39, 0.29) is 59.6 Å². The molecule has 1 aliphatic carbocycles. The third-order valence-electron chi connectivity index (χ3n) is 7.05. The van der Waals surface area contributed by atoms with Crippen LogP contribution in [-0.2, 0) is 17.6 Å². The third kappa shape index (κ3) is 6.78. The number of carbonyl (C=O) groups excluding carboxylic acids is 2. The summed E-state index contributed by atoms with van der Waals surface area (Å²) in [7, 11) is 0. The SMILES string of the molecule is Cc1cc(Oc2ccccc2F)ncc1-n1ncc(C(=O)C2=Cc3cc(OCC(F)F)c(CC(=O)CCCCl)cc3C2)c1N. The maximum Gasteiger partial charge on any atom is 0.272 e. The number of hydrogen-bond donors (Lipinski definition) is 1. The monoisotopic (exact) mass is 624 g/mol. The number of rotatable bonds is 13. The number of nitrogens with two attached hydrogens (primary N) is 1. The Morgan fingerprint density at radius 3 is 2.66 bits per heavy atom. The molecular formula is C32H28ClF3N4O4. The molecule has 0 unspecified atom stereocenters. The maximum absolute atomic E-state index is 14.0. The molecule has 44 heavy (non-hydrogen) atoms. The normalized spacial score (nSPS) is 12.3. The van der Waals surface area contributed by atoms with Crippen LogP contribution in [0.4, 0.5) is 19.0 Å². The second-order valence-corrected chi connectivity index (χ2v) is 10.6. The molecule has 2 N–H and O–H groups in total. The Morgan fingerprint density at radius 2 is 1.93 bits per heavy atom. The number of para-hydroxylation sites is 1. The van der Waals surface area contributed by atoms with Crippen LogP contribution < -0.4 is 15.2 Å². The second-order valence-electron chi connectivity index (χ2n) is 10.2. The highest BCUT2D eigenvalue weighted by Gasteiger charge is 2.26. The van der Waals surface area contributed by atoms with Gasteiger partial charge in [-0.3, -0.25) is 9.59 Å². The minimum absolute atomic E-state index is 0.00322. The lowest BCUT2D eigenvalue weighted by molar-refractivity contribution is -0.118. The van der Waals surface area contributed by atoms with Gasteiger partial charge < -0.3 is 15.2 Å². The second kappa shape index (κ2) is 13.3. The van der Waals surface area contributed by atoms with Crippen LogP contribution in [0.25, 0.3) is 11.8 Å². The van der Waals surface area contributed by atoms with Gasteiger partial charge in [-0.1, -0.05) is 18.2 Å². The fraction of sp³-hybridized carbons (Fsp3) is 0.250. The van der Waals surface area contributed by atoms with Gasteiger partial charge in [-0.2, -0.15) is 5.10 Å². The Hall–Kier alpha value is -4.64. The van der Waals surface area contributed by atoms with Crippen molar-refractivity contribution in [1.29, 1.82) is 0 Å². The van der Waals surface area contributed by atoms with Gasteiger partial charge in [-0.15, -0.1) is 11.6 Å². The summed E-state index contributed by atoms with van der Waals surface area (Å²) >= 11 is 5.70. The lowest BCUT2D eigenvalue weighted by Crippen LogP contribution is -2.11. The van der Waals surface area contributed by atoms with Crippen molar-refractivity contribution in [2.75, 3.05) is 18.2 Å². The van der Waals surface area contributed by atoms with Crippen LogP contribution in [-0.4, -0.2) is 45.2 Å². The van der Waals surface area contributed by atoms with Crippen molar-refractivity contribution in [1.82, 2.24) is 14.8 Å². The lowest BCUT2D eigenvalue weighted by atomic mass is 9.98. The first-order valence-electron chi connectivity index (χ1n) is 13.8. The van der Waals surface area contributed by atoms with Gasteiger partial charge in [0.05, 0.1) is 23.6 Å². The lowest BCUT2D eigenvalue weighted by Gasteiger charge is -2.13. The number of nitrogens with zero attached hydrogens (tertiary/aromatic N) is 3. The molecule has 0 saturated carbocycles. The van der Waals surface area contributed by atoms with E-state index >= 15 is 0 Å². The predicted molar refractivity (Wildman–Crippen MR) is 160 cm³/mol. The van der Waals surface area contributed by atoms with Crippen molar-refractivity contribution >= 4 is 35.1 Å². The quantitative estimate of drug-likeness (QED) is 0.130. The molecule has 2 heterocycles. The zero-order chi connectivity index (χ0) is 31.4. The standard InChI is InChI=1S/C32H28ClF3N4O4/c1-18-9-30(44-27-7-3-2-6-25(27)34)38-16-26(18)40-32(37)24(15-39-40)31(42)22-11-19-10-21(13-23(41)5-4-8-33)28(14-20(19)12-22)43-17-29(35)36/h2-3,6-7,9-10,12,14-16,29H,4-5,8,11,13,17,37H2,1H3. The van der Waals surface area contributed by atoms with Crippen LogP contribution in [0.2, 0.25) is 0 Å². The van der Waals surface area contributed by atoms with Gasteiger partial charge in [-0.05, 0) is 54.3 Å². The molecule has 228 valence electrons. The number of ketones is 2. The van der Waals surface area contributed by atoms with Crippen LogP contribution >= 0.6 is 11.6 Å². The van der Waals surface area contributed by atoms with E-state index in [1.807, 2.05) is 0 Å². The Bertz CT molecular complexity index is 1760. The zero-order valence-corrected chi connectivity index (χ0v) is 24.4. The first-order chi connectivity index (χ1) is 21.1. The highest BCUT2D eigenvalue weighted by atomic mass is 35.5. The van der Waals surface area contributed by atoms with E-state index in [0.29, 0.717) is 40.3 Å². The highest BCUT2D eigenvalue weighted by Crippen LogP contribution is 2.35. The molecule has 12 heteroatoms. The molecule has 2 aromatic carbocycles. The molecule has 0 bridgehead atoms. The number of nitrogen functional groups attached to an aromatic ring is 1. The fourth-order valence-electron chi connectivity index (χ4n) is 4.90. The number of Topliss-reactive ketones (excluding diaryl/α,β-unsaturated/α-hetero) is 2. The summed E-state index contributed by atoms with van der Waals surface area (Å²) in [6.07, 6.45) is 2.82. The van der Waals surface area contributed by atoms with Crippen LogP contribution in [0.3, 0.4) is 0 Å². The summed E-state index contributed by atoms with van der Waals surface area (Å²) < 4.78 is 52.1. The summed E-state index contributed by atoms with van der Waals surface area (Å²) in [6, 6.07) is 10.9. The highest BCUT2D eigenvalue weighted by molar-refractivity contribution is 6.18. The van der Waals surface area contributed by atoms with Gasteiger partial charge in [0.25, 0.3) is 6.43 Å². The molecule has 0 radical (unpaired) electrons. The summed E-state index contributed by atoms with van der Waals surface area (Å²) in [5.74, 6) is -0.173. The number of pyridine rings is 1. The molecule has 1 aliphatic rings. The topological polar surface area (TPSA) is 109 Å². The summed E-state index contributed by atoms with van der Waals surface area (Å²) in [5, 5.41) is 4.31. The Balaban J connectivity index is 1.36. The van der Waals surface area contributed by atoms with Crippen LogP contribution in [0.1, 0.15) is 45.5 Å². The van der Waals surface area contributed by atoms with Crippen LogP contribution in [0.5, 0.6) is 17.4 Å². The molecule has 4 aromatic rings. The largest absolute Gasteiger partial charge is 0.487 e. The minimum atomic E-state index is -2.69. The maximum atomic E-state index is 14.0. The number of allylic oxidation sites excluding steroid dienone is 1. The van der Waals surface area contributed by atoms with E-state index in [2.05, 4.69) is 10.1 Å². The molecular weight excluding hydrogens is 597 g/mol. The van der Waals surface area contributed by atoms with Gasteiger partial charge in [0.1, 0.15) is 24.0 Å². The molecule has 0 spiro atoms. The van der Waals surface area contributed by atoms with E-state index in [1.54, 1.807) is 43.3 Å². The van der Waals surface area contributed by atoms with Crippen LogP contribution in [0, 0.1) is 12.7 Å². The summed E-state index contributed by atoms with van der Waals surface area (Å²) in [6.45, 7) is 0.951. The average molecular weight is 625 g/mol. The number of alkyl halides is 3. The molecule has 0 fully saturated rings. The number of hydrogen-bond acceptors (Lipinski definition) is 7. The van der Waals surface area contributed by atoms with Gasteiger partial charge in [0.15, 0.2) is 17.3 Å². The van der Waals surface area contributed by atoms with Gasteiger partial charge in [0.2, 0.25) is 5.88 Å². The van der Waals surface area contributed by atoms with E-state index in [1.165, 1.54) is 29.2 Å². The zero-order valence-electron chi connectivity index (χ0n) is 23.7. The number of fused-ring (bicyclic) bond motifs is 1. The van der Waals surface area contributed by atoms with Crippen molar-refractivity contribution < 1.29 is 32.2 Å². The number of halogens is 4. The van der Waals surface area contributed by atoms with Crippen molar-refractivity contribution in [3.05, 3.63) is 94.1 Å². The smallest absolute Gasteiger partial charge is 0.272 e. The summed E-state index contributed by atoms with van der Waals surface area (Å²) in [5.41, 5.74) is 9.98. The molecule has 8 nitrogen and oxygen atoms in total. The van der Waals surface area contributed by atoms with Crippen molar-refractivity contribution in [2.45, 2.75) is 39.0 Å². The van der Waals surface area contributed by atoms with E-state index in [9.17, 15) is 22.8 Å². The number of aryl methyl sites for hydroxylation is 1. The molecule has 5 rings (SSSR count). The Labute approximate surface area is 256 Å². The molecule has 0 saturated heterocycles. The van der Waals surface area contributed by atoms with Crippen molar-refractivity contribution in [3.63, 3.8) is 0 Å². The van der Waals surface area contributed by atoms with Crippen LogP contribution in [0.15, 0.2) is 60.4 Å². The fourth-order valence-corrected chi connectivity index (χ4v) is 5.03. The Morgan fingerprint density at radius 1 is 1.14 bits per heavy atom. The minimum Gasteiger partial charge on any atom is -0.487 e. The van der Waals surface area contributed by atoms with E-state index in [4.69, 9.17) is 26.8 Å². The average Bonchev–Trinajstić information content (AvgIpc) is 3.58. The number of carbonyl (C=O) groups is 2. The predicted octanol–water partition coefficient (Wildman–Crippen LogP) is 6.69. The molecule has 0 amide bonds. The van der Waals surface area contributed by atoms with Gasteiger partial charge in [-0.25, -0.2) is 22.8 Å². The number of benzene rings is 2.